The monoisotopic (exact) mass is 421 g/mol. The summed E-state index contributed by atoms with van der Waals surface area (Å²) in [6.07, 6.45) is 0.510. The van der Waals surface area contributed by atoms with E-state index in [2.05, 4.69) is 18.8 Å². The van der Waals surface area contributed by atoms with Crippen LogP contribution in [0.4, 0.5) is 10.8 Å². The SMILES string of the molecule is CC(C)c1ccc(N(C(=O)CCN2C(=O)CCC2=O)c2nc3ccccc3s2)cc1. The van der Waals surface area contributed by atoms with Crippen molar-refractivity contribution in [3.63, 3.8) is 0 Å². The zero-order chi connectivity index (χ0) is 21.3. The van der Waals surface area contributed by atoms with Crippen LogP contribution >= 0.6 is 11.3 Å². The molecule has 0 bridgehead atoms. The molecule has 1 aromatic heterocycles. The molecule has 154 valence electrons. The van der Waals surface area contributed by atoms with Gasteiger partial charge in [-0.3, -0.25) is 24.2 Å². The number of rotatable bonds is 6. The largest absolute Gasteiger partial charge is 0.282 e. The van der Waals surface area contributed by atoms with E-state index in [-0.39, 0.29) is 43.5 Å². The highest BCUT2D eigenvalue weighted by atomic mass is 32.1. The lowest BCUT2D eigenvalue weighted by atomic mass is 10.0. The number of hydrogen-bond donors (Lipinski definition) is 0. The molecule has 2 heterocycles. The van der Waals surface area contributed by atoms with Gasteiger partial charge in [-0.1, -0.05) is 49.4 Å². The Hall–Kier alpha value is -3.06. The van der Waals surface area contributed by atoms with Gasteiger partial charge in [-0.15, -0.1) is 0 Å². The van der Waals surface area contributed by atoms with Crippen molar-refractivity contribution in [3.05, 3.63) is 54.1 Å². The van der Waals surface area contributed by atoms with E-state index in [1.165, 1.54) is 21.8 Å². The Morgan fingerprint density at radius 3 is 2.37 bits per heavy atom. The zero-order valence-corrected chi connectivity index (χ0v) is 17.8. The highest BCUT2D eigenvalue weighted by Crippen LogP contribution is 2.34. The van der Waals surface area contributed by atoms with Gasteiger partial charge in [-0.25, -0.2) is 4.98 Å². The molecule has 1 aliphatic rings. The Kier molecular flexibility index (Phi) is 5.63. The molecule has 3 amide bonds. The Morgan fingerprint density at radius 1 is 1.07 bits per heavy atom. The smallest absolute Gasteiger partial charge is 0.235 e. The second-order valence-electron chi connectivity index (χ2n) is 7.63. The van der Waals surface area contributed by atoms with Gasteiger partial charge in [0.25, 0.3) is 0 Å². The lowest BCUT2D eigenvalue weighted by molar-refractivity contribution is -0.138. The summed E-state index contributed by atoms with van der Waals surface area (Å²) in [6, 6.07) is 15.6. The third-order valence-corrected chi connectivity index (χ3v) is 6.27. The van der Waals surface area contributed by atoms with Crippen molar-refractivity contribution < 1.29 is 14.4 Å². The quantitative estimate of drug-likeness (QED) is 0.545. The van der Waals surface area contributed by atoms with Gasteiger partial charge in [0.1, 0.15) is 0 Å². The fourth-order valence-electron chi connectivity index (χ4n) is 3.52. The van der Waals surface area contributed by atoms with Crippen molar-refractivity contribution in [2.45, 2.75) is 39.0 Å². The molecule has 0 unspecified atom stereocenters. The summed E-state index contributed by atoms with van der Waals surface area (Å²) in [5.41, 5.74) is 2.74. The summed E-state index contributed by atoms with van der Waals surface area (Å²) in [6.45, 7) is 4.34. The first-order valence-electron chi connectivity index (χ1n) is 10.1. The fraction of sp³-hybridized carbons (Fsp3) is 0.304. The molecule has 1 aliphatic heterocycles. The van der Waals surface area contributed by atoms with Crippen molar-refractivity contribution in [1.82, 2.24) is 9.88 Å². The molecule has 3 aromatic rings. The van der Waals surface area contributed by atoms with Crippen molar-refractivity contribution in [2.75, 3.05) is 11.4 Å². The Labute approximate surface area is 179 Å². The third-order valence-electron chi connectivity index (χ3n) is 5.25. The van der Waals surface area contributed by atoms with Crippen molar-refractivity contribution in [3.8, 4) is 0 Å². The van der Waals surface area contributed by atoms with Gasteiger partial charge in [-0.2, -0.15) is 0 Å². The first-order chi connectivity index (χ1) is 14.4. The summed E-state index contributed by atoms with van der Waals surface area (Å²) in [5.74, 6) is -0.224. The average molecular weight is 422 g/mol. The molecule has 0 spiro atoms. The van der Waals surface area contributed by atoms with E-state index in [0.717, 1.165) is 15.9 Å². The predicted octanol–water partition coefficient (Wildman–Crippen LogP) is 4.62. The van der Waals surface area contributed by atoms with Crippen molar-refractivity contribution in [1.29, 1.82) is 0 Å². The molecule has 2 aromatic carbocycles. The maximum absolute atomic E-state index is 13.3. The number of carbonyl (C=O) groups is 3. The topological polar surface area (TPSA) is 70.6 Å². The number of likely N-dealkylation sites (tertiary alicyclic amines) is 1. The highest BCUT2D eigenvalue weighted by molar-refractivity contribution is 7.22. The number of anilines is 2. The van der Waals surface area contributed by atoms with Gasteiger partial charge in [0.05, 0.1) is 15.9 Å². The summed E-state index contributed by atoms with van der Waals surface area (Å²) >= 11 is 1.44. The van der Waals surface area contributed by atoms with Crippen molar-refractivity contribution >= 4 is 50.1 Å². The minimum absolute atomic E-state index is 0.0549. The molecule has 1 saturated heterocycles. The number of nitrogens with zero attached hydrogens (tertiary/aromatic N) is 3. The molecular formula is C23H23N3O3S. The Morgan fingerprint density at radius 2 is 1.73 bits per heavy atom. The number of hydrogen-bond acceptors (Lipinski definition) is 5. The normalized spacial score (nSPS) is 14.2. The maximum atomic E-state index is 13.3. The highest BCUT2D eigenvalue weighted by Gasteiger charge is 2.30. The van der Waals surface area contributed by atoms with Crippen LogP contribution in [0.2, 0.25) is 0 Å². The predicted molar refractivity (Wildman–Crippen MR) is 118 cm³/mol. The van der Waals surface area contributed by atoms with Crippen LogP contribution in [0, 0.1) is 0 Å². The lowest BCUT2D eigenvalue weighted by Crippen LogP contribution is -2.34. The molecule has 0 saturated carbocycles. The molecule has 0 radical (unpaired) electrons. The lowest BCUT2D eigenvalue weighted by Gasteiger charge is -2.22. The molecule has 4 rings (SSSR count). The summed E-state index contributed by atoms with van der Waals surface area (Å²) in [4.78, 5) is 44.5. The van der Waals surface area contributed by atoms with E-state index in [1.807, 2.05) is 48.5 Å². The Bertz CT molecular complexity index is 1060. The first-order valence-corrected chi connectivity index (χ1v) is 10.9. The summed E-state index contributed by atoms with van der Waals surface area (Å²) in [7, 11) is 0. The molecular weight excluding hydrogens is 398 g/mol. The molecule has 0 atom stereocenters. The first kappa shape index (κ1) is 20.2. The van der Waals surface area contributed by atoms with Crippen LogP contribution in [-0.4, -0.2) is 34.2 Å². The van der Waals surface area contributed by atoms with Gasteiger partial charge in [0.15, 0.2) is 5.13 Å². The molecule has 7 heteroatoms. The van der Waals surface area contributed by atoms with E-state index in [4.69, 9.17) is 0 Å². The van der Waals surface area contributed by atoms with Crippen LogP contribution in [0.5, 0.6) is 0 Å². The van der Waals surface area contributed by atoms with Crippen LogP contribution in [0.3, 0.4) is 0 Å². The molecule has 1 fully saturated rings. The Balaban J connectivity index is 1.64. The van der Waals surface area contributed by atoms with Crippen molar-refractivity contribution in [2.24, 2.45) is 0 Å². The van der Waals surface area contributed by atoms with Crippen LogP contribution in [0.1, 0.15) is 44.6 Å². The fourth-order valence-corrected chi connectivity index (χ4v) is 4.52. The van der Waals surface area contributed by atoms with E-state index in [9.17, 15) is 14.4 Å². The number of thiazole rings is 1. The molecule has 6 nitrogen and oxygen atoms in total. The molecule has 0 aliphatic carbocycles. The van der Waals surface area contributed by atoms with E-state index in [0.29, 0.717) is 11.0 Å². The zero-order valence-electron chi connectivity index (χ0n) is 17.0. The van der Waals surface area contributed by atoms with Crippen LogP contribution in [-0.2, 0) is 14.4 Å². The minimum atomic E-state index is -0.208. The van der Waals surface area contributed by atoms with Gasteiger partial charge < -0.3 is 0 Å². The number of aromatic nitrogens is 1. The van der Waals surface area contributed by atoms with Gasteiger partial charge in [0.2, 0.25) is 17.7 Å². The summed E-state index contributed by atoms with van der Waals surface area (Å²) < 4.78 is 0.994. The second kappa shape index (κ2) is 8.36. The van der Waals surface area contributed by atoms with Crippen LogP contribution < -0.4 is 4.90 Å². The standard InChI is InChI=1S/C23H23N3O3S/c1-15(2)16-7-9-17(10-8-16)26(23-24-18-5-3-4-6-19(18)30-23)22(29)13-14-25-20(27)11-12-21(25)28/h3-10,15H,11-14H2,1-2H3. The number of para-hydroxylation sites is 1. The number of benzene rings is 2. The molecule has 30 heavy (non-hydrogen) atoms. The number of fused-ring (bicyclic) bond motifs is 1. The maximum Gasteiger partial charge on any atom is 0.235 e. The van der Waals surface area contributed by atoms with E-state index >= 15 is 0 Å². The van der Waals surface area contributed by atoms with Gasteiger partial charge in [-0.05, 0) is 35.7 Å². The second-order valence-corrected chi connectivity index (χ2v) is 8.64. The van der Waals surface area contributed by atoms with Crippen LogP contribution in [0.15, 0.2) is 48.5 Å². The number of carbonyl (C=O) groups excluding carboxylic acids is 3. The van der Waals surface area contributed by atoms with Crippen LogP contribution in [0.25, 0.3) is 10.2 Å². The van der Waals surface area contributed by atoms with Gasteiger partial charge in [0, 0.05) is 25.8 Å². The summed E-state index contributed by atoms with van der Waals surface area (Å²) in [5, 5.41) is 0.581. The third kappa shape index (κ3) is 3.98. The van der Waals surface area contributed by atoms with E-state index < -0.39 is 0 Å². The number of imide groups is 1. The van der Waals surface area contributed by atoms with Gasteiger partial charge >= 0.3 is 0 Å². The number of amides is 3. The van der Waals surface area contributed by atoms with E-state index in [1.54, 1.807) is 4.90 Å². The average Bonchev–Trinajstić information content (AvgIpc) is 3.30. The minimum Gasteiger partial charge on any atom is -0.282 e. The molecule has 0 N–H and O–H groups in total.